The van der Waals surface area contributed by atoms with Gasteiger partial charge in [-0.25, -0.2) is 0 Å². The molecule has 0 aromatic heterocycles. The maximum Gasteiger partial charge on any atom is 0.126 e. The Balaban J connectivity index is 2.38. The number of aliphatic hydroxyl groups excluding tert-OH is 1. The summed E-state index contributed by atoms with van der Waals surface area (Å²) >= 11 is 0. The van der Waals surface area contributed by atoms with E-state index in [1.165, 1.54) is 0 Å². The number of hydrogen-bond acceptors (Lipinski definition) is 4. The van der Waals surface area contributed by atoms with Crippen LogP contribution in [0.4, 0.5) is 5.69 Å². The number of aliphatic hydroxyl groups is 1. The summed E-state index contributed by atoms with van der Waals surface area (Å²) in [5.41, 5.74) is 8.05. The molecule has 4 heteroatoms. The fourth-order valence-electron chi connectivity index (χ4n) is 2.44. The molecule has 1 heterocycles. The molecule has 0 aliphatic carbocycles. The fourth-order valence-corrected chi connectivity index (χ4v) is 2.44. The van der Waals surface area contributed by atoms with Crippen LogP contribution in [0.3, 0.4) is 0 Å². The Hall–Kier alpha value is -1.26. The number of phenolic OH excluding ortho intramolecular Hbond substituents is 1. The van der Waals surface area contributed by atoms with Gasteiger partial charge in [0.2, 0.25) is 0 Å². The van der Waals surface area contributed by atoms with Gasteiger partial charge in [-0.1, -0.05) is 6.07 Å². The van der Waals surface area contributed by atoms with Crippen molar-refractivity contribution >= 4 is 5.69 Å². The van der Waals surface area contributed by atoms with Crippen LogP contribution in [0.1, 0.15) is 30.1 Å². The number of phenols is 1. The highest BCUT2D eigenvalue weighted by Gasteiger charge is 2.21. The number of rotatable bonds is 3. The Morgan fingerprint density at radius 1 is 1.47 bits per heavy atom. The number of nitrogens with zero attached hydrogens (tertiary/aromatic N) is 1. The number of benzene rings is 1. The second-order valence-electron chi connectivity index (χ2n) is 4.62. The molecule has 17 heavy (non-hydrogen) atoms. The first-order chi connectivity index (χ1) is 8.15. The van der Waals surface area contributed by atoms with Crippen molar-refractivity contribution in [2.24, 2.45) is 5.73 Å². The Morgan fingerprint density at radius 3 is 2.94 bits per heavy atom. The summed E-state index contributed by atoms with van der Waals surface area (Å²) in [5.74, 6) is 0.245. The van der Waals surface area contributed by atoms with Crippen molar-refractivity contribution in [2.45, 2.75) is 25.4 Å². The van der Waals surface area contributed by atoms with Crippen molar-refractivity contribution in [3.05, 3.63) is 23.3 Å². The first kappa shape index (κ1) is 12.2. The molecule has 1 aromatic rings. The first-order valence-electron chi connectivity index (χ1n) is 6.09. The molecule has 1 unspecified atom stereocenters. The zero-order valence-electron chi connectivity index (χ0n) is 10.2. The standard InChI is InChI=1S/C13H20N2O2/c1-15-8-2-3-9-11(15)5-4-10(13(9)17)12(16)6-7-14/h4-5,12,16-17H,2-3,6-8,14H2,1H3. The molecule has 0 fully saturated rings. The van der Waals surface area contributed by atoms with Gasteiger partial charge in [0, 0.05) is 30.4 Å². The van der Waals surface area contributed by atoms with E-state index < -0.39 is 6.10 Å². The monoisotopic (exact) mass is 236 g/mol. The van der Waals surface area contributed by atoms with Crippen molar-refractivity contribution in [1.29, 1.82) is 0 Å². The summed E-state index contributed by atoms with van der Waals surface area (Å²) in [4.78, 5) is 2.14. The maximum absolute atomic E-state index is 10.2. The van der Waals surface area contributed by atoms with Crippen LogP contribution in [0.2, 0.25) is 0 Å². The molecule has 0 radical (unpaired) electrons. The molecule has 2 rings (SSSR count). The first-order valence-corrected chi connectivity index (χ1v) is 6.09. The van der Waals surface area contributed by atoms with Gasteiger partial charge in [-0.2, -0.15) is 0 Å². The normalized spacial score (nSPS) is 16.8. The predicted molar refractivity (Wildman–Crippen MR) is 68.3 cm³/mol. The van der Waals surface area contributed by atoms with Crippen molar-refractivity contribution in [2.75, 3.05) is 25.0 Å². The van der Waals surface area contributed by atoms with Crippen LogP contribution in [-0.2, 0) is 6.42 Å². The third kappa shape index (κ3) is 2.23. The second-order valence-corrected chi connectivity index (χ2v) is 4.62. The third-order valence-corrected chi connectivity index (χ3v) is 3.42. The quantitative estimate of drug-likeness (QED) is 0.736. The fraction of sp³-hybridized carbons (Fsp3) is 0.538. The summed E-state index contributed by atoms with van der Waals surface area (Å²) in [5, 5.41) is 20.1. The number of aromatic hydroxyl groups is 1. The molecule has 0 bridgehead atoms. The van der Waals surface area contributed by atoms with Gasteiger partial charge in [0.1, 0.15) is 5.75 Å². The SMILES string of the molecule is CN1CCCc2c1ccc(C(O)CCN)c2O. The number of hydrogen-bond donors (Lipinski definition) is 3. The van der Waals surface area contributed by atoms with Gasteiger partial charge in [0.25, 0.3) is 0 Å². The molecule has 4 nitrogen and oxygen atoms in total. The average Bonchev–Trinajstić information content (AvgIpc) is 2.31. The van der Waals surface area contributed by atoms with E-state index in [4.69, 9.17) is 5.73 Å². The van der Waals surface area contributed by atoms with Gasteiger partial charge < -0.3 is 20.8 Å². The lowest BCUT2D eigenvalue weighted by Gasteiger charge is -2.29. The molecule has 94 valence electrons. The number of fused-ring (bicyclic) bond motifs is 1. The third-order valence-electron chi connectivity index (χ3n) is 3.42. The van der Waals surface area contributed by atoms with E-state index in [9.17, 15) is 10.2 Å². The highest BCUT2D eigenvalue weighted by molar-refractivity contribution is 5.63. The Labute approximate surface area is 102 Å². The zero-order chi connectivity index (χ0) is 12.4. The van der Waals surface area contributed by atoms with E-state index in [2.05, 4.69) is 4.90 Å². The van der Waals surface area contributed by atoms with Crippen LogP contribution < -0.4 is 10.6 Å². The molecule has 0 spiro atoms. The van der Waals surface area contributed by atoms with Crippen LogP contribution in [0.5, 0.6) is 5.75 Å². The van der Waals surface area contributed by atoms with Crippen molar-refractivity contribution in [3.8, 4) is 5.75 Å². The van der Waals surface area contributed by atoms with Gasteiger partial charge in [-0.3, -0.25) is 0 Å². The van der Waals surface area contributed by atoms with Crippen LogP contribution >= 0.6 is 0 Å². The minimum Gasteiger partial charge on any atom is -0.507 e. The number of nitrogens with two attached hydrogens (primary N) is 1. The van der Waals surface area contributed by atoms with Crippen molar-refractivity contribution in [3.63, 3.8) is 0 Å². The Bertz CT molecular complexity index is 407. The molecular weight excluding hydrogens is 216 g/mol. The van der Waals surface area contributed by atoms with E-state index in [-0.39, 0.29) is 5.75 Å². The molecule has 1 atom stereocenters. The smallest absolute Gasteiger partial charge is 0.126 e. The largest absolute Gasteiger partial charge is 0.507 e. The molecule has 1 aliphatic rings. The molecular formula is C13H20N2O2. The van der Waals surface area contributed by atoms with Crippen LogP contribution in [0, 0.1) is 0 Å². The topological polar surface area (TPSA) is 69.7 Å². The van der Waals surface area contributed by atoms with E-state index >= 15 is 0 Å². The lowest BCUT2D eigenvalue weighted by atomic mass is 9.95. The highest BCUT2D eigenvalue weighted by Crippen LogP contribution is 2.38. The molecule has 4 N–H and O–H groups in total. The van der Waals surface area contributed by atoms with Crippen molar-refractivity contribution < 1.29 is 10.2 Å². The highest BCUT2D eigenvalue weighted by atomic mass is 16.3. The van der Waals surface area contributed by atoms with E-state index in [1.807, 2.05) is 13.1 Å². The molecule has 0 saturated carbocycles. The lowest BCUT2D eigenvalue weighted by Crippen LogP contribution is -2.25. The molecule has 1 aromatic carbocycles. The van der Waals surface area contributed by atoms with Gasteiger partial charge >= 0.3 is 0 Å². The molecule has 1 aliphatic heterocycles. The second kappa shape index (κ2) is 4.94. The van der Waals surface area contributed by atoms with Crippen LogP contribution in [0.25, 0.3) is 0 Å². The lowest BCUT2D eigenvalue weighted by molar-refractivity contribution is 0.166. The maximum atomic E-state index is 10.2. The average molecular weight is 236 g/mol. The zero-order valence-corrected chi connectivity index (χ0v) is 10.2. The Morgan fingerprint density at radius 2 is 2.24 bits per heavy atom. The minimum absolute atomic E-state index is 0.245. The van der Waals surface area contributed by atoms with E-state index in [0.29, 0.717) is 18.5 Å². The van der Waals surface area contributed by atoms with Gasteiger partial charge in [-0.15, -0.1) is 0 Å². The molecule has 0 saturated heterocycles. The van der Waals surface area contributed by atoms with Crippen LogP contribution in [-0.4, -0.2) is 30.4 Å². The van der Waals surface area contributed by atoms with Gasteiger partial charge in [0.05, 0.1) is 6.10 Å². The summed E-state index contributed by atoms with van der Waals surface area (Å²) in [6, 6.07) is 3.78. The molecule has 0 amide bonds. The van der Waals surface area contributed by atoms with Crippen LogP contribution in [0.15, 0.2) is 12.1 Å². The Kier molecular flexibility index (Phi) is 3.54. The minimum atomic E-state index is -0.669. The van der Waals surface area contributed by atoms with E-state index in [0.717, 1.165) is 30.6 Å². The van der Waals surface area contributed by atoms with Gasteiger partial charge in [0.15, 0.2) is 0 Å². The summed E-state index contributed by atoms with van der Waals surface area (Å²) in [7, 11) is 2.02. The van der Waals surface area contributed by atoms with Gasteiger partial charge in [-0.05, 0) is 31.9 Å². The van der Waals surface area contributed by atoms with Crippen molar-refractivity contribution in [1.82, 2.24) is 0 Å². The summed E-state index contributed by atoms with van der Waals surface area (Å²) in [6.07, 6.45) is 1.71. The summed E-state index contributed by atoms with van der Waals surface area (Å²) < 4.78 is 0. The predicted octanol–water partition coefficient (Wildman–Crippen LogP) is 1.16. The number of anilines is 1. The summed E-state index contributed by atoms with van der Waals surface area (Å²) in [6.45, 7) is 1.43. The van der Waals surface area contributed by atoms with E-state index in [1.54, 1.807) is 6.07 Å².